The molecule has 0 unspecified atom stereocenters. The van der Waals surface area contributed by atoms with E-state index < -0.39 is 11.6 Å². The summed E-state index contributed by atoms with van der Waals surface area (Å²) in [5.41, 5.74) is 3.46. The Bertz CT molecular complexity index is 628. The summed E-state index contributed by atoms with van der Waals surface area (Å²) >= 11 is 0. The second-order valence-electron chi connectivity index (χ2n) is 4.50. The van der Waals surface area contributed by atoms with E-state index in [1.54, 1.807) is 13.0 Å². The second-order valence-corrected chi connectivity index (χ2v) is 4.50. The fraction of sp³-hybridized carbons (Fsp3) is 0.316. The zero-order valence-electron chi connectivity index (χ0n) is 13.9. The van der Waals surface area contributed by atoms with Crippen LogP contribution in [0.4, 0.5) is 8.78 Å². The first-order valence-corrected chi connectivity index (χ1v) is 7.39. The number of hydrogen-bond donors (Lipinski definition) is 0. The molecule has 0 saturated carbocycles. The number of nitriles is 1. The van der Waals surface area contributed by atoms with Crippen molar-refractivity contribution in [1.29, 1.82) is 5.26 Å². The van der Waals surface area contributed by atoms with Crippen LogP contribution in [0.15, 0.2) is 36.4 Å². The average Bonchev–Trinajstić information content (AvgIpc) is 2.53. The molecule has 0 saturated heterocycles. The Morgan fingerprint density at radius 2 is 1.68 bits per heavy atom. The Kier molecular flexibility index (Phi) is 9.45. The van der Waals surface area contributed by atoms with Crippen LogP contribution in [-0.4, -0.2) is 0 Å². The van der Waals surface area contributed by atoms with Crippen LogP contribution in [0, 0.1) is 36.8 Å². The first-order chi connectivity index (χ1) is 10.5. The summed E-state index contributed by atoms with van der Waals surface area (Å²) in [7, 11) is 0. The summed E-state index contributed by atoms with van der Waals surface area (Å²) in [4.78, 5) is 0. The molecule has 0 atom stereocenters. The van der Waals surface area contributed by atoms with Gasteiger partial charge in [0.2, 0.25) is 0 Å². The molecule has 0 fully saturated rings. The number of rotatable bonds is 1. The summed E-state index contributed by atoms with van der Waals surface area (Å²) < 4.78 is 25.0. The van der Waals surface area contributed by atoms with E-state index in [4.69, 9.17) is 5.26 Å². The molecule has 22 heavy (non-hydrogen) atoms. The molecule has 0 N–H and O–H groups in total. The maximum Gasteiger partial charge on any atom is 0.161 e. The molecule has 0 amide bonds. The van der Waals surface area contributed by atoms with Crippen molar-refractivity contribution >= 4 is 0 Å². The van der Waals surface area contributed by atoms with Crippen molar-refractivity contribution in [1.82, 2.24) is 0 Å². The summed E-state index contributed by atoms with van der Waals surface area (Å²) in [6, 6.07) is 12.1. The average molecular weight is 303 g/mol. The lowest BCUT2D eigenvalue weighted by molar-refractivity contribution is 0.500. The highest BCUT2D eigenvalue weighted by Gasteiger charge is 2.03. The van der Waals surface area contributed by atoms with Crippen LogP contribution in [0.3, 0.4) is 0 Å². The maximum absolute atomic E-state index is 12.6. The molecule has 0 aliphatic rings. The van der Waals surface area contributed by atoms with E-state index >= 15 is 0 Å². The van der Waals surface area contributed by atoms with Gasteiger partial charge in [-0.05, 0) is 43.5 Å². The van der Waals surface area contributed by atoms with Gasteiger partial charge in [-0.2, -0.15) is 5.26 Å². The molecule has 2 rings (SSSR count). The minimum absolute atomic E-state index is 0.431. The lowest BCUT2D eigenvalue weighted by atomic mass is 10.1. The number of halogens is 2. The van der Waals surface area contributed by atoms with E-state index in [1.807, 2.05) is 45.9 Å². The fourth-order valence-electron chi connectivity index (χ4n) is 1.76. The molecule has 0 bridgehead atoms. The maximum atomic E-state index is 12.6. The van der Waals surface area contributed by atoms with Gasteiger partial charge in [0.05, 0.1) is 11.6 Å². The van der Waals surface area contributed by atoms with Gasteiger partial charge in [-0.15, -0.1) is 0 Å². The number of aryl methyl sites for hydroxylation is 3. The second kappa shape index (κ2) is 10.5. The molecule has 0 radical (unpaired) electrons. The zero-order chi connectivity index (χ0) is 17.1. The van der Waals surface area contributed by atoms with Gasteiger partial charge in [0.15, 0.2) is 11.6 Å². The normalized spacial score (nSPS) is 8.82. The fourth-order valence-corrected chi connectivity index (χ4v) is 1.76. The molecule has 2 aromatic carbocycles. The molecule has 3 heteroatoms. The van der Waals surface area contributed by atoms with Gasteiger partial charge in [-0.1, -0.05) is 50.6 Å². The first kappa shape index (κ1) is 19.8. The topological polar surface area (TPSA) is 23.8 Å². The van der Waals surface area contributed by atoms with Crippen molar-refractivity contribution in [3.63, 3.8) is 0 Å². The smallest absolute Gasteiger partial charge is 0.161 e. The molecule has 0 spiro atoms. The predicted molar refractivity (Wildman–Crippen MR) is 87.7 cm³/mol. The van der Waals surface area contributed by atoms with Crippen molar-refractivity contribution in [3.05, 3.63) is 70.3 Å². The number of benzene rings is 2. The Labute approximate surface area is 132 Å². The third-order valence-corrected chi connectivity index (χ3v) is 2.91. The zero-order valence-corrected chi connectivity index (χ0v) is 13.9. The quantitative estimate of drug-likeness (QED) is 0.660. The largest absolute Gasteiger partial charge is 0.204 e. The molecule has 0 heterocycles. The van der Waals surface area contributed by atoms with Gasteiger partial charge in [0.1, 0.15) is 0 Å². The van der Waals surface area contributed by atoms with Crippen LogP contribution < -0.4 is 0 Å². The van der Waals surface area contributed by atoms with E-state index in [2.05, 4.69) is 6.07 Å². The van der Waals surface area contributed by atoms with E-state index in [0.29, 0.717) is 12.0 Å². The number of hydrogen-bond acceptors (Lipinski definition) is 1. The van der Waals surface area contributed by atoms with E-state index in [1.165, 1.54) is 11.6 Å². The predicted octanol–water partition coefficient (Wildman–Crippen LogP) is 5.73. The number of nitrogens with zero attached hydrogens (tertiary/aromatic N) is 1. The van der Waals surface area contributed by atoms with Crippen molar-refractivity contribution in [3.8, 4) is 6.07 Å². The summed E-state index contributed by atoms with van der Waals surface area (Å²) in [6.07, 6.45) is 0.531. The van der Waals surface area contributed by atoms with Gasteiger partial charge in [-0.25, -0.2) is 8.78 Å². The van der Waals surface area contributed by atoms with Crippen LogP contribution in [0.5, 0.6) is 0 Å². The Morgan fingerprint density at radius 3 is 2.14 bits per heavy atom. The van der Waals surface area contributed by atoms with Gasteiger partial charge in [0, 0.05) is 0 Å². The molecule has 0 aliphatic heterocycles. The summed E-state index contributed by atoms with van der Waals surface area (Å²) in [5.74, 6) is -1.48. The molecular formula is C19H23F2N. The van der Waals surface area contributed by atoms with Gasteiger partial charge >= 0.3 is 0 Å². The highest BCUT2D eigenvalue weighted by molar-refractivity contribution is 5.38. The van der Waals surface area contributed by atoms with Crippen molar-refractivity contribution in [2.24, 2.45) is 0 Å². The Balaban J connectivity index is 0.000000360. The summed E-state index contributed by atoms with van der Waals surface area (Å²) in [6.45, 7) is 9.76. The SMILES string of the molecule is CC.CCc1cccc(F)c1F.Cc1ccc(C#N)c(C)c1. The van der Waals surface area contributed by atoms with E-state index in [0.717, 1.165) is 17.2 Å². The molecule has 1 nitrogen and oxygen atoms in total. The van der Waals surface area contributed by atoms with Crippen molar-refractivity contribution in [2.45, 2.75) is 41.0 Å². The Hall–Kier alpha value is -2.21. The molecule has 118 valence electrons. The monoisotopic (exact) mass is 303 g/mol. The molecular weight excluding hydrogens is 280 g/mol. The lowest BCUT2D eigenvalue weighted by Crippen LogP contribution is -1.90. The van der Waals surface area contributed by atoms with Crippen LogP contribution in [0.1, 0.15) is 43.0 Å². The molecule has 2 aromatic rings. The minimum atomic E-state index is -0.764. The van der Waals surface area contributed by atoms with Gasteiger partial charge in [-0.3, -0.25) is 0 Å². The summed E-state index contributed by atoms with van der Waals surface area (Å²) in [5, 5.41) is 8.56. The van der Waals surface area contributed by atoms with Crippen LogP contribution in [0.2, 0.25) is 0 Å². The van der Waals surface area contributed by atoms with Crippen LogP contribution in [0.25, 0.3) is 0 Å². The van der Waals surface area contributed by atoms with Gasteiger partial charge in [0.25, 0.3) is 0 Å². The Morgan fingerprint density at radius 1 is 1.05 bits per heavy atom. The van der Waals surface area contributed by atoms with E-state index in [-0.39, 0.29) is 0 Å². The highest BCUT2D eigenvalue weighted by Crippen LogP contribution is 2.11. The van der Waals surface area contributed by atoms with Crippen LogP contribution >= 0.6 is 0 Å². The van der Waals surface area contributed by atoms with Crippen molar-refractivity contribution < 1.29 is 8.78 Å². The highest BCUT2D eigenvalue weighted by atomic mass is 19.2. The van der Waals surface area contributed by atoms with Gasteiger partial charge < -0.3 is 0 Å². The van der Waals surface area contributed by atoms with Crippen LogP contribution in [-0.2, 0) is 6.42 Å². The molecule has 0 aliphatic carbocycles. The minimum Gasteiger partial charge on any atom is -0.204 e. The third kappa shape index (κ3) is 6.05. The standard InChI is InChI=1S/C9H9N.C8H8F2.C2H6/c1-7-3-4-9(6-10)8(2)5-7;1-2-6-4-3-5-7(9)8(6)10;1-2/h3-5H,1-2H3;3-5H,2H2,1H3;1-2H3. The lowest BCUT2D eigenvalue weighted by Gasteiger charge is -1.97. The van der Waals surface area contributed by atoms with E-state index in [9.17, 15) is 8.78 Å². The first-order valence-electron chi connectivity index (χ1n) is 7.39. The molecule has 0 aromatic heterocycles. The third-order valence-electron chi connectivity index (χ3n) is 2.91. The van der Waals surface area contributed by atoms with Crippen molar-refractivity contribution in [2.75, 3.05) is 0 Å².